The highest BCUT2D eigenvalue weighted by molar-refractivity contribution is 8.05. The lowest BCUT2D eigenvalue weighted by Gasteiger charge is -1.44. The topological polar surface area (TPSA) is 12.5 Å². The van der Waals surface area contributed by atoms with Crippen molar-refractivity contribution in [3.8, 4) is 0 Å². The van der Waals surface area contributed by atoms with E-state index >= 15 is 0 Å². The Morgan fingerprint density at radius 1 is 2.00 bits per heavy atom. The predicted molar refractivity (Wildman–Crippen MR) is 17.1 cm³/mol. The smallest absolute Gasteiger partial charge is 0.105 e. The normalized spacial score (nSPS) is 66.0. The molecule has 0 saturated carbocycles. The van der Waals surface area contributed by atoms with Gasteiger partial charge >= 0.3 is 5.44 Å². The third kappa shape index (κ3) is 0.0574. The zero-order chi connectivity index (χ0) is 2.57. The van der Waals surface area contributed by atoms with Gasteiger partial charge in [0, 0.05) is 0 Å². The molecule has 2 atom stereocenters. The third-order valence-electron chi connectivity index (χ3n) is 0.671. The van der Waals surface area contributed by atoms with E-state index in [0.29, 0.717) is 11.2 Å². The molecule has 2 saturated heterocycles. The lowest BCUT2D eigenvalue weighted by molar-refractivity contribution is 0.463. The maximum absolute atomic E-state index is 4.83. The summed E-state index contributed by atoms with van der Waals surface area (Å²) in [5, 5.41) is 0. The van der Waals surface area contributed by atoms with Gasteiger partial charge in [-0.25, -0.2) is 0 Å². The Morgan fingerprint density at radius 2 is 2.25 bits per heavy atom. The second kappa shape index (κ2) is 0.256. The van der Waals surface area contributed by atoms with Crippen LogP contribution in [0.1, 0.15) is 0 Å². The summed E-state index contributed by atoms with van der Waals surface area (Å²) in [6, 6.07) is 0. The highest BCUT2D eigenvalue weighted by Crippen LogP contribution is 2.45. The maximum atomic E-state index is 4.83. The van der Waals surface area contributed by atoms with Crippen molar-refractivity contribution in [1.29, 1.82) is 0 Å². The first-order valence-electron chi connectivity index (χ1n) is 1.33. The van der Waals surface area contributed by atoms with Crippen LogP contribution in [-0.4, -0.2) is 11.2 Å². The molecule has 2 fully saturated rings. The minimum absolute atomic E-state index is 0.556. The SMILES string of the molecule is C1[C@H]2O[S+]12. The molecule has 4 heavy (non-hydrogen) atoms. The fraction of sp³-hybridized carbons (Fsp3) is 1.00. The molecule has 1 nitrogen and oxygen atoms in total. The van der Waals surface area contributed by atoms with E-state index in [4.69, 9.17) is 4.18 Å². The molecule has 22 valence electrons. The van der Waals surface area contributed by atoms with Gasteiger partial charge in [0.25, 0.3) is 0 Å². The van der Waals surface area contributed by atoms with Crippen molar-refractivity contribution < 1.29 is 4.18 Å². The van der Waals surface area contributed by atoms with Gasteiger partial charge in [0.1, 0.15) is 0 Å². The minimum Gasteiger partial charge on any atom is -0.105 e. The first-order valence-corrected chi connectivity index (χ1v) is 2.72. The summed E-state index contributed by atoms with van der Waals surface area (Å²) in [6.45, 7) is 0. The van der Waals surface area contributed by atoms with Gasteiger partial charge in [-0.15, -0.1) is 4.18 Å². The summed E-state index contributed by atoms with van der Waals surface area (Å²) in [7, 11) is 0. The third-order valence-corrected chi connectivity index (χ3v) is 2.01. The van der Waals surface area contributed by atoms with Crippen LogP contribution in [0.25, 0.3) is 0 Å². The van der Waals surface area contributed by atoms with Crippen molar-refractivity contribution in [3.05, 3.63) is 0 Å². The van der Waals surface area contributed by atoms with Crippen LogP contribution in [0.3, 0.4) is 0 Å². The van der Waals surface area contributed by atoms with Gasteiger partial charge < -0.3 is 0 Å². The van der Waals surface area contributed by atoms with Gasteiger partial charge in [-0.3, -0.25) is 0 Å². The molecule has 2 aliphatic rings. The molecule has 2 rings (SSSR count). The standard InChI is InChI=1S/C2H3OS/c1-2-3-4(1)2/h2H,1H2/q+1/t2-,4?/m0/s1. The monoisotopic (exact) mass is 75.0 g/mol. The van der Waals surface area contributed by atoms with Crippen LogP contribution in [0, 0.1) is 0 Å². The van der Waals surface area contributed by atoms with Crippen LogP contribution >= 0.6 is 0 Å². The second-order valence-electron chi connectivity index (χ2n) is 1.07. The first-order chi connectivity index (χ1) is 1.97. The van der Waals surface area contributed by atoms with Gasteiger partial charge in [-0.2, -0.15) is 0 Å². The second-order valence-corrected chi connectivity index (χ2v) is 2.89. The van der Waals surface area contributed by atoms with Crippen LogP contribution in [0.2, 0.25) is 0 Å². The molecular weight excluding hydrogens is 72.1 g/mol. The zero-order valence-corrected chi connectivity index (χ0v) is 2.92. The molecule has 0 radical (unpaired) electrons. The Bertz CT molecular complexity index is 42.0. The highest BCUT2D eigenvalue weighted by atomic mass is 32.2. The Hall–Kier alpha value is 0.310. The Morgan fingerprint density at radius 3 is 2.25 bits per heavy atom. The summed E-state index contributed by atoms with van der Waals surface area (Å²) in [5.41, 5.74) is 0.778. The van der Waals surface area contributed by atoms with Crippen LogP contribution in [0.15, 0.2) is 0 Å². The fourth-order valence-corrected chi connectivity index (χ4v) is 0.940. The van der Waals surface area contributed by atoms with E-state index in [1.165, 1.54) is 5.75 Å². The molecule has 2 aliphatic heterocycles. The molecule has 2 heteroatoms. The quantitative estimate of drug-likeness (QED) is 0.289. The number of hydrogen-bond acceptors (Lipinski definition) is 1. The molecule has 1 unspecified atom stereocenters. The first kappa shape index (κ1) is 1.67. The largest absolute Gasteiger partial charge is 0.346 e. The number of hydrogen-bond donors (Lipinski definition) is 0. The van der Waals surface area contributed by atoms with E-state index < -0.39 is 0 Å². The molecule has 0 spiro atoms. The summed E-state index contributed by atoms with van der Waals surface area (Å²) < 4.78 is 4.83. The van der Waals surface area contributed by atoms with Gasteiger partial charge in [0.15, 0.2) is 0 Å². The van der Waals surface area contributed by atoms with Crippen molar-refractivity contribution in [3.63, 3.8) is 0 Å². The lowest BCUT2D eigenvalue weighted by Crippen LogP contribution is -1.69. The molecule has 0 amide bonds. The van der Waals surface area contributed by atoms with Crippen molar-refractivity contribution >= 4 is 11.2 Å². The van der Waals surface area contributed by atoms with Gasteiger partial charge in [-0.05, 0) is 0 Å². The van der Waals surface area contributed by atoms with Gasteiger partial charge in [0.2, 0.25) is 16.9 Å². The average Bonchev–Trinajstić information content (AvgIpc) is 1.36. The summed E-state index contributed by atoms with van der Waals surface area (Å²) in [6.07, 6.45) is 0. The molecule has 0 aromatic rings. The summed E-state index contributed by atoms with van der Waals surface area (Å²) >= 11 is 0.556. The zero-order valence-electron chi connectivity index (χ0n) is 2.10. The Labute approximate surface area is 27.5 Å². The van der Waals surface area contributed by atoms with Crippen molar-refractivity contribution in [1.82, 2.24) is 0 Å². The number of rotatable bonds is 0. The summed E-state index contributed by atoms with van der Waals surface area (Å²) in [5.74, 6) is 1.39. The average molecular weight is 75.1 g/mol. The predicted octanol–water partition coefficient (Wildman–Crippen LogP) is -0.110. The summed E-state index contributed by atoms with van der Waals surface area (Å²) in [4.78, 5) is 0. The van der Waals surface area contributed by atoms with Crippen LogP contribution < -0.4 is 0 Å². The minimum atomic E-state index is 0.556. The van der Waals surface area contributed by atoms with Gasteiger partial charge in [0.05, 0.1) is 0 Å². The molecule has 0 N–H and O–H groups in total. The molecule has 2 heterocycles. The van der Waals surface area contributed by atoms with Gasteiger partial charge in [-0.1, -0.05) is 0 Å². The molecule has 0 aromatic carbocycles. The molecular formula is C2H3OS+. The fourth-order valence-electron chi connectivity index (χ4n) is 0.202. The van der Waals surface area contributed by atoms with E-state index in [2.05, 4.69) is 0 Å². The number of fused-ring (bicyclic) bond motifs is 1. The Balaban J connectivity index is 2.48. The van der Waals surface area contributed by atoms with Crippen molar-refractivity contribution in [2.45, 2.75) is 5.44 Å². The van der Waals surface area contributed by atoms with E-state index in [-0.39, 0.29) is 0 Å². The van der Waals surface area contributed by atoms with E-state index in [1.54, 1.807) is 0 Å². The van der Waals surface area contributed by atoms with E-state index in [0.717, 1.165) is 5.44 Å². The Kier molecular flexibility index (Phi) is 0.107. The van der Waals surface area contributed by atoms with Crippen LogP contribution in [-0.2, 0) is 15.4 Å². The molecule has 0 aromatic heterocycles. The van der Waals surface area contributed by atoms with Crippen molar-refractivity contribution in [2.24, 2.45) is 0 Å². The van der Waals surface area contributed by atoms with Crippen LogP contribution in [0.4, 0.5) is 0 Å². The molecule has 0 aliphatic carbocycles. The maximum Gasteiger partial charge on any atom is 0.346 e. The lowest BCUT2D eigenvalue weighted by atomic mass is 10.9. The van der Waals surface area contributed by atoms with Crippen molar-refractivity contribution in [2.75, 3.05) is 5.75 Å². The highest BCUT2D eigenvalue weighted by Gasteiger charge is 2.76. The van der Waals surface area contributed by atoms with Crippen LogP contribution in [0.5, 0.6) is 0 Å². The molecule has 0 bridgehead atoms. The van der Waals surface area contributed by atoms with E-state index in [9.17, 15) is 0 Å². The van der Waals surface area contributed by atoms with E-state index in [1.807, 2.05) is 0 Å².